The van der Waals surface area contributed by atoms with E-state index in [0.717, 1.165) is 27.0 Å². The summed E-state index contributed by atoms with van der Waals surface area (Å²) in [4.78, 5) is 11.8. The normalized spacial score (nSPS) is 16.5. The molecule has 1 aromatic heterocycles. The van der Waals surface area contributed by atoms with Crippen LogP contribution in [0.3, 0.4) is 0 Å². The molecule has 1 aliphatic rings. The second-order valence-corrected chi connectivity index (χ2v) is 6.98. The van der Waals surface area contributed by atoms with Crippen molar-refractivity contribution in [3.63, 3.8) is 0 Å². The molecule has 0 radical (unpaired) electrons. The zero-order valence-electron chi connectivity index (χ0n) is 12.4. The van der Waals surface area contributed by atoms with Crippen LogP contribution in [0.15, 0.2) is 35.3 Å². The van der Waals surface area contributed by atoms with Crippen molar-refractivity contribution >= 4 is 22.6 Å². The van der Waals surface area contributed by atoms with Gasteiger partial charge in [0.2, 0.25) is 0 Å². The molecule has 0 fully saturated rings. The van der Waals surface area contributed by atoms with Crippen LogP contribution in [0.4, 0.5) is 0 Å². The number of ether oxygens (including phenoxy) is 1. The van der Waals surface area contributed by atoms with Gasteiger partial charge < -0.3 is 9.30 Å². The number of pyridine rings is 1. The average molecular weight is 395 g/mol. The summed E-state index contributed by atoms with van der Waals surface area (Å²) in [5.41, 5.74) is 3.46. The molecule has 0 bridgehead atoms. The first-order valence-corrected chi connectivity index (χ1v) is 8.18. The van der Waals surface area contributed by atoms with Crippen LogP contribution in [0.5, 0.6) is 5.75 Å². The second kappa shape index (κ2) is 5.48. The van der Waals surface area contributed by atoms with Crippen LogP contribution < -0.4 is 10.2 Å². The molecular formula is C17H18INO2. The van der Waals surface area contributed by atoms with Gasteiger partial charge in [0.25, 0.3) is 0 Å². The quantitative estimate of drug-likeness (QED) is 0.723. The van der Waals surface area contributed by atoms with Gasteiger partial charge in [0, 0.05) is 29.9 Å². The number of nitrogens with zero attached hydrogens (tertiary/aromatic N) is 1. The van der Waals surface area contributed by atoms with E-state index >= 15 is 0 Å². The first-order valence-electron chi connectivity index (χ1n) is 7.10. The van der Waals surface area contributed by atoms with E-state index in [1.165, 1.54) is 5.56 Å². The number of halogens is 1. The molecule has 1 unspecified atom stereocenters. The lowest BCUT2D eigenvalue weighted by molar-refractivity contribution is 0.367. The van der Waals surface area contributed by atoms with Crippen molar-refractivity contribution in [2.45, 2.75) is 26.3 Å². The van der Waals surface area contributed by atoms with Gasteiger partial charge in [-0.15, -0.1) is 0 Å². The average Bonchev–Trinajstić information content (AvgIpc) is 2.45. The number of fused-ring (bicyclic) bond motifs is 3. The Labute approximate surface area is 138 Å². The molecule has 0 aliphatic carbocycles. The van der Waals surface area contributed by atoms with Gasteiger partial charge in [0.15, 0.2) is 5.43 Å². The fraction of sp³-hybridized carbons (Fsp3) is 0.353. The molecule has 110 valence electrons. The lowest BCUT2D eigenvalue weighted by atomic mass is 9.87. The maximum absolute atomic E-state index is 11.8. The van der Waals surface area contributed by atoms with Gasteiger partial charge in [0.05, 0.1) is 16.4 Å². The second-order valence-electron chi connectivity index (χ2n) is 5.81. The van der Waals surface area contributed by atoms with E-state index in [0.29, 0.717) is 12.0 Å². The molecule has 1 atom stereocenters. The fourth-order valence-electron chi connectivity index (χ4n) is 3.04. The minimum absolute atomic E-state index is 0.0501. The highest BCUT2D eigenvalue weighted by Crippen LogP contribution is 2.40. The third-order valence-corrected chi connectivity index (χ3v) is 5.01. The molecule has 0 amide bonds. The summed E-state index contributed by atoms with van der Waals surface area (Å²) in [5.74, 6) is 1.37. The summed E-state index contributed by atoms with van der Waals surface area (Å²) in [5, 5.41) is 0. The number of aromatic nitrogens is 1. The molecule has 0 N–H and O–H groups in total. The van der Waals surface area contributed by atoms with E-state index < -0.39 is 0 Å². The highest BCUT2D eigenvalue weighted by molar-refractivity contribution is 14.1. The monoisotopic (exact) mass is 395 g/mol. The van der Waals surface area contributed by atoms with Crippen LogP contribution in [0.25, 0.3) is 11.3 Å². The molecule has 3 nitrogen and oxygen atoms in total. The first-order chi connectivity index (χ1) is 10.0. The smallest absolute Gasteiger partial charge is 0.182 e. The fourth-order valence-corrected chi connectivity index (χ4v) is 3.79. The molecule has 1 aliphatic heterocycles. The summed E-state index contributed by atoms with van der Waals surface area (Å²) >= 11 is 2.30. The minimum Gasteiger partial charge on any atom is -0.496 e. The Hall–Kier alpha value is -1.30. The Morgan fingerprint density at radius 2 is 2.10 bits per heavy atom. The van der Waals surface area contributed by atoms with E-state index in [4.69, 9.17) is 4.74 Å². The van der Waals surface area contributed by atoms with Gasteiger partial charge in [0.1, 0.15) is 5.75 Å². The third-order valence-electron chi connectivity index (χ3n) is 4.17. The van der Waals surface area contributed by atoms with Gasteiger partial charge >= 0.3 is 0 Å². The summed E-state index contributed by atoms with van der Waals surface area (Å²) in [6.45, 7) is 4.46. The van der Waals surface area contributed by atoms with Crippen molar-refractivity contribution in [3.05, 3.63) is 49.8 Å². The summed E-state index contributed by atoms with van der Waals surface area (Å²) in [6.07, 6.45) is 2.92. The number of methoxy groups -OCH3 is 1. The van der Waals surface area contributed by atoms with Crippen molar-refractivity contribution in [2.75, 3.05) is 7.11 Å². The van der Waals surface area contributed by atoms with Crippen LogP contribution in [-0.4, -0.2) is 11.7 Å². The van der Waals surface area contributed by atoms with E-state index in [1.807, 2.05) is 6.20 Å². The zero-order valence-corrected chi connectivity index (χ0v) is 14.5. The molecule has 0 spiro atoms. The van der Waals surface area contributed by atoms with Gasteiger partial charge in [-0.05, 0) is 52.6 Å². The van der Waals surface area contributed by atoms with E-state index in [1.54, 1.807) is 19.2 Å². The lowest BCUT2D eigenvalue weighted by Gasteiger charge is -2.33. The van der Waals surface area contributed by atoms with E-state index in [9.17, 15) is 4.79 Å². The summed E-state index contributed by atoms with van der Waals surface area (Å²) in [6, 6.07) is 8.01. The molecule has 3 rings (SSSR count). The Kier molecular flexibility index (Phi) is 3.82. The van der Waals surface area contributed by atoms with Crippen LogP contribution in [0, 0.1) is 9.49 Å². The predicted molar refractivity (Wildman–Crippen MR) is 93.0 cm³/mol. The highest BCUT2D eigenvalue weighted by Gasteiger charge is 2.26. The SMILES string of the molecule is COc1cc2c(cc1I)CC(C(C)C)n1ccc(=O)cc1-2. The maximum Gasteiger partial charge on any atom is 0.182 e. The molecule has 0 saturated carbocycles. The molecule has 2 aromatic rings. The largest absolute Gasteiger partial charge is 0.496 e. The minimum atomic E-state index is 0.0501. The predicted octanol–water partition coefficient (Wildman–Crippen LogP) is 3.88. The molecule has 2 heterocycles. The molecule has 0 saturated heterocycles. The Balaban J connectivity index is 2.28. The highest BCUT2D eigenvalue weighted by atomic mass is 127. The van der Waals surface area contributed by atoms with E-state index in [2.05, 4.69) is 53.1 Å². The van der Waals surface area contributed by atoms with E-state index in [-0.39, 0.29) is 5.43 Å². The zero-order chi connectivity index (χ0) is 15.1. The van der Waals surface area contributed by atoms with Crippen molar-refractivity contribution in [1.82, 2.24) is 4.57 Å². The van der Waals surface area contributed by atoms with Crippen LogP contribution in [0.1, 0.15) is 25.5 Å². The van der Waals surface area contributed by atoms with Crippen LogP contribution >= 0.6 is 22.6 Å². The Bertz CT molecular complexity index is 749. The third kappa shape index (κ3) is 2.50. The van der Waals surface area contributed by atoms with Gasteiger partial charge in [-0.3, -0.25) is 4.79 Å². The van der Waals surface area contributed by atoms with Crippen molar-refractivity contribution in [1.29, 1.82) is 0 Å². The maximum atomic E-state index is 11.8. The van der Waals surface area contributed by atoms with Crippen LogP contribution in [0.2, 0.25) is 0 Å². The Morgan fingerprint density at radius 3 is 2.76 bits per heavy atom. The standard InChI is InChI=1S/C17H18INO2/c1-10(2)15-7-11-6-14(18)17(21-3)9-13(11)16-8-12(20)4-5-19(15)16/h4-6,8-10,15H,7H2,1-3H3. The topological polar surface area (TPSA) is 31.2 Å². The number of rotatable bonds is 2. The van der Waals surface area contributed by atoms with Crippen molar-refractivity contribution < 1.29 is 4.74 Å². The number of hydrogen-bond donors (Lipinski definition) is 0. The lowest BCUT2D eigenvalue weighted by Crippen LogP contribution is -2.25. The van der Waals surface area contributed by atoms with Crippen molar-refractivity contribution in [2.24, 2.45) is 5.92 Å². The van der Waals surface area contributed by atoms with Crippen molar-refractivity contribution in [3.8, 4) is 17.0 Å². The summed E-state index contributed by atoms with van der Waals surface area (Å²) < 4.78 is 8.79. The van der Waals surface area contributed by atoms with Gasteiger partial charge in [-0.2, -0.15) is 0 Å². The van der Waals surface area contributed by atoms with Crippen LogP contribution in [-0.2, 0) is 6.42 Å². The summed E-state index contributed by atoms with van der Waals surface area (Å²) in [7, 11) is 1.68. The Morgan fingerprint density at radius 1 is 1.33 bits per heavy atom. The number of benzene rings is 1. The number of hydrogen-bond acceptors (Lipinski definition) is 2. The first kappa shape index (κ1) is 14.6. The van der Waals surface area contributed by atoms with Gasteiger partial charge in [-0.1, -0.05) is 13.8 Å². The molecule has 4 heteroatoms. The van der Waals surface area contributed by atoms with Gasteiger partial charge in [-0.25, -0.2) is 0 Å². The molecule has 1 aromatic carbocycles. The molecule has 21 heavy (non-hydrogen) atoms. The molecular weight excluding hydrogens is 377 g/mol.